The van der Waals surface area contributed by atoms with Gasteiger partial charge in [-0.1, -0.05) is 78.3 Å². The Morgan fingerprint density at radius 3 is 1.38 bits per heavy atom. The fourth-order valence-electron chi connectivity index (χ4n) is 3.75. The van der Waals surface area contributed by atoms with Crippen LogP contribution in [0.25, 0.3) is 0 Å². The zero-order valence-corrected chi connectivity index (χ0v) is 19.7. The molecule has 0 saturated carbocycles. The Morgan fingerprint density at radius 2 is 1.04 bits per heavy atom. The predicted octanol–water partition coefficient (Wildman–Crippen LogP) is 5.70. The first-order valence-electron chi connectivity index (χ1n) is 9.38. The van der Waals surface area contributed by atoms with Crippen LogP contribution in [0.15, 0.2) is 24.3 Å². The average molecular weight is 417 g/mol. The topological polar surface area (TPSA) is 0 Å². The summed E-state index contributed by atoms with van der Waals surface area (Å²) in [6, 6.07) is 9.37. The second-order valence-electron chi connectivity index (χ2n) is 7.16. The van der Waals surface area contributed by atoms with Gasteiger partial charge in [-0.05, 0) is 0 Å². The van der Waals surface area contributed by atoms with Crippen molar-refractivity contribution in [3.8, 4) is 0 Å². The maximum atomic E-state index is 2.34. The Kier molecular flexibility index (Phi) is 10.4. The first-order valence-corrected chi connectivity index (χ1v) is 11.7. The average Bonchev–Trinajstić information content (AvgIpc) is 3.08. The van der Waals surface area contributed by atoms with E-state index in [1.165, 1.54) is 62.5 Å². The summed E-state index contributed by atoms with van der Waals surface area (Å²) in [7, 11) is 0.750. The second-order valence-corrected chi connectivity index (χ2v) is 8.31. The van der Waals surface area contributed by atoms with Crippen LogP contribution in [0.3, 0.4) is 0 Å². The van der Waals surface area contributed by atoms with Crippen molar-refractivity contribution < 1.29 is 26.2 Å². The molecule has 2 aliphatic rings. The summed E-state index contributed by atoms with van der Waals surface area (Å²) < 4.78 is 0. The molecule has 0 atom stereocenters. The number of aryl methyl sites for hydroxylation is 6. The first kappa shape index (κ1) is 21.8. The van der Waals surface area contributed by atoms with Crippen LogP contribution in [0.5, 0.6) is 0 Å². The minimum atomic E-state index is 0. The SMILES string of the molecule is C[SiH]C.Cc1cc2c([cH-]1)CCCC2.Cc1cc2c([cH-]1)CCCC2.[Zr+2]. The van der Waals surface area contributed by atoms with E-state index in [1.54, 1.807) is 22.3 Å². The quantitative estimate of drug-likeness (QED) is 0.381. The molecule has 2 aromatic carbocycles. The Bertz CT molecular complexity index is 492. The Hall–Kier alpha value is -0.200. The maximum absolute atomic E-state index is 2.34. The van der Waals surface area contributed by atoms with Gasteiger partial charge in [-0.25, -0.2) is 12.1 Å². The van der Waals surface area contributed by atoms with E-state index in [9.17, 15) is 0 Å². The normalized spacial score (nSPS) is 14.8. The smallest absolute Gasteiger partial charge is 0.207 e. The van der Waals surface area contributed by atoms with E-state index in [1.807, 2.05) is 0 Å². The van der Waals surface area contributed by atoms with Gasteiger partial charge >= 0.3 is 26.2 Å². The molecule has 0 nitrogen and oxygen atoms in total. The minimum absolute atomic E-state index is 0. The van der Waals surface area contributed by atoms with Crippen molar-refractivity contribution in [2.45, 2.75) is 78.3 Å². The van der Waals surface area contributed by atoms with Gasteiger partial charge in [0.1, 0.15) is 0 Å². The summed E-state index contributed by atoms with van der Waals surface area (Å²) in [5.41, 5.74) is 9.36. The zero-order valence-electron chi connectivity index (χ0n) is 16.0. The molecular weight excluding hydrogens is 384 g/mol. The fourth-order valence-corrected chi connectivity index (χ4v) is 3.75. The Labute approximate surface area is 171 Å². The van der Waals surface area contributed by atoms with Crippen molar-refractivity contribution >= 4 is 9.52 Å². The van der Waals surface area contributed by atoms with Gasteiger partial charge < -0.3 is 0 Å². The molecule has 129 valence electrons. The molecule has 0 bridgehead atoms. The maximum Gasteiger partial charge on any atom is 2.00 e. The van der Waals surface area contributed by atoms with Crippen LogP contribution in [0.1, 0.15) is 59.1 Å². The molecule has 0 amide bonds. The van der Waals surface area contributed by atoms with Crippen LogP contribution >= 0.6 is 0 Å². The summed E-state index contributed by atoms with van der Waals surface area (Å²) in [5.74, 6) is 0. The van der Waals surface area contributed by atoms with Crippen LogP contribution in [-0.2, 0) is 51.9 Å². The van der Waals surface area contributed by atoms with E-state index in [-0.39, 0.29) is 26.2 Å². The van der Waals surface area contributed by atoms with E-state index < -0.39 is 0 Å². The van der Waals surface area contributed by atoms with Crippen LogP contribution < -0.4 is 0 Å². The van der Waals surface area contributed by atoms with Crippen molar-refractivity contribution in [2.75, 3.05) is 0 Å². The van der Waals surface area contributed by atoms with Crippen molar-refractivity contribution in [1.82, 2.24) is 0 Å². The molecule has 0 spiro atoms. The molecule has 0 fully saturated rings. The third kappa shape index (κ3) is 6.60. The molecule has 2 aromatic rings. The van der Waals surface area contributed by atoms with E-state index >= 15 is 0 Å². The van der Waals surface area contributed by atoms with Crippen molar-refractivity contribution in [2.24, 2.45) is 0 Å². The van der Waals surface area contributed by atoms with Gasteiger partial charge in [-0.2, -0.15) is 45.5 Å². The third-order valence-corrected chi connectivity index (χ3v) is 4.72. The van der Waals surface area contributed by atoms with Gasteiger partial charge in [0.05, 0.1) is 0 Å². The molecule has 1 radical (unpaired) electrons. The number of rotatable bonds is 0. The summed E-state index contributed by atoms with van der Waals surface area (Å²) in [5, 5.41) is 0. The molecule has 0 saturated heterocycles. The molecule has 2 heteroatoms. The molecular formula is C22H33SiZr. The summed E-state index contributed by atoms with van der Waals surface area (Å²) in [6.45, 7) is 8.80. The number of hydrogen-bond donors (Lipinski definition) is 0. The van der Waals surface area contributed by atoms with Crippen molar-refractivity contribution in [3.05, 3.63) is 57.6 Å². The van der Waals surface area contributed by atoms with Crippen LogP contribution in [-0.4, -0.2) is 9.52 Å². The Balaban J connectivity index is 0.000000200. The van der Waals surface area contributed by atoms with Gasteiger partial charge in [0.15, 0.2) is 0 Å². The molecule has 0 heterocycles. The third-order valence-electron chi connectivity index (χ3n) is 4.72. The zero-order chi connectivity index (χ0) is 16.7. The number of hydrogen-bond acceptors (Lipinski definition) is 0. The molecule has 0 aliphatic heterocycles. The van der Waals surface area contributed by atoms with Gasteiger partial charge in [0, 0.05) is 9.52 Å². The monoisotopic (exact) mass is 415 g/mol. The van der Waals surface area contributed by atoms with E-state index in [4.69, 9.17) is 0 Å². The van der Waals surface area contributed by atoms with Gasteiger partial charge in [0.25, 0.3) is 0 Å². The van der Waals surface area contributed by atoms with Crippen molar-refractivity contribution in [3.63, 3.8) is 0 Å². The van der Waals surface area contributed by atoms with E-state index in [0.717, 1.165) is 9.52 Å². The van der Waals surface area contributed by atoms with Crippen LogP contribution in [0.4, 0.5) is 0 Å². The predicted molar refractivity (Wildman–Crippen MR) is 106 cm³/mol. The van der Waals surface area contributed by atoms with Gasteiger partial charge in [0.2, 0.25) is 0 Å². The second kappa shape index (κ2) is 11.4. The van der Waals surface area contributed by atoms with E-state index in [0.29, 0.717) is 0 Å². The molecule has 24 heavy (non-hydrogen) atoms. The van der Waals surface area contributed by atoms with Gasteiger partial charge in [-0.3, -0.25) is 0 Å². The summed E-state index contributed by atoms with van der Waals surface area (Å²) >= 11 is 0. The number of fused-ring (bicyclic) bond motifs is 2. The van der Waals surface area contributed by atoms with Crippen molar-refractivity contribution in [1.29, 1.82) is 0 Å². The molecule has 0 unspecified atom stereocenters. The minimum Gasteiger partial charge on any atom is -0.207 e. The summed E-state index contributed by atoms with van der Waals surface area (Å²) in [4.78, 5) is 0. The van der Waals surface area contributed by atoms with E-state index in [2.05, 4.69) is 51.2 Å². The Morgan fingerprint density at radius 1 is 0.708 bits per heavy atom. The fraction of sp³-hybridized carbons (Fsp3) is 0.545. The van der Waals surface area contributed by atoms with Crippen LogP contribution in [0.2, 0.25) is 13.1 Å². The molecule has 0 N–H and O–H groups in total. The van der Waals surface area contributed by atoms with Gasteiger partial charge in [-0.15, -0.1) is 0 Å². The molecule has 0 aromatic heterocycles. The first-order chi connectivity index (χ1) is 11.1. The van der Waals surface area contributed by atoms with Crippen LogP contribution in [0, 0.1) is 13.8 Å². The molecule has 4 rings (SSSR count). The molecule has 2 aliphatic carbocycles. The standard InChI is InChI=1S/2C10H13.C2H7Si.Zr/c2*1-8-6-9-4-2-3-5-10(9)7-8;1-3-2;/h2*6-7H,2-5H2,1H3;3H,1-2H3;/q2*-1;;+2. The summed E-state index contributed by atoms with van der Waals surface area (Å²) in [6.07, 6.45) is 10.9. The largest absolute Gasteiger partial charge is 2.00 e.